The largest absolute Gasteiger partial charge is 0.496 e. The molecular formula is C30H28N2O4. The lowest BCUT2D eigenvalue weighted by molar-refractivity contribution is 0.0880. The summed E-state index contributed by atoms with van der Waals surface area (Å²) in [6.45, 7) is 0. The molecule has 0 spiro atoms. The van der Waals surface area contributed by atoms with Crippen LogP contribution in [0.15, 0.2) is 109 Å². The molecule has 4 aromatic carbocycles. The van der Waals surface area contributed by atoms with Crippen molar-refractivity contribution in [3.63, 3.8) is 0 Å². The molecule has 0 aromatic heterocycles. The molecule has 36 heavy (non-hydrogen) atoms. The summed E-state index contributed by atoms with van der Waals surface area (Å²) < 4.78 is 11.3. The lowest BCUT2D eigenvalue weighted by Gasteiger charge is -2.31. The Bertz CT molecular complexity index is 1210. The predicted molar refractivity (Wildman–Crippen MR) is 139 cm³/mol. The van der Waals surface area contributed by atoms with E-state index in [4.69, 9.17) is 9.47 Å². The first-order chi connectivity index (χ1) is 17.6. The quantitative estimate of drug-likeness (QED) is 0.339. The number of carbonyl (C=O) groups is 2. The van der Waals surface area contributed by atoms with Crippen LogP contribution >= 0.6 is 0 Å². The fraction of sp³-hybridized carbons (Fsp3) is 0.133. The van der Waals surface area contributed by atoms with Gasteiger partial charge in [-0.15, -0.1) is 0 Å². The van der Waals surface area contributed by atoms with E-state index in [0.29, 0.717) is 33.8 Å². The summed E-state index contributed by atoms with van der Waals surface area (Å²) in [5.41, 5.74) is 2.44. The van der Waals surface area contributed by atoms with Gasteiger partial charge in [0.2, 0.25) is 0 Å². The number of ether oxygens (including phenoxy) is 2. The van der Waals surface area contributed by atoms with Crippen molar-refractivity contribution in [2.45, 2.75) is 12.1 Å². The Balaban J connectivity index is 1.84. The number of methoxy groups -OCH3 is 2. The van der Waals surface area contributed by atoms with Gasteiger partial charge in [0, 0.05) is 22.3 Å². The van der Waals surface area contributed by atoms with E-state index in [1.165, 1.54) is 0 Å². The van der Waals surface area contributed by atoms with Gasteiger partial charge in [0.15, 0.2) is 0 Å². The number of para-hydroxylation sites is 2. The van der Waals surface area contributed by atoms with Gasteiger partial charge in [-0.1, -0.05) is 72.8 Å². The highest BCUT2D eigenvalue weighted by atomic mass is 16.5. The minimum Gasteiger partial charge on any atom is -0.496 e. The predicted octanol–water partition coefficient (Wildman–Crippen LogP) is 5.35. The summed E-state index contributed by atoms with van der Waals surface area (Å²) >= 11 is 0. The molecule has 0 saturated heterocycles. The zero-order valence-electron chi connectivity index (χ0n) is 20.2. The molecule has 6 nitrogen and oxygen atoms in total. The van der Waals surface area contributed by atoms with E-state index in [1.807, 2.05) is 84.9 Å². The van der Waals surface area contributed by atoms with Crippen LogP contribution < -0.4 is 20.1 Å². The van der Waals surface area contributed by atoms with Crippen LogP contribution in [0.2, 0.25) is 0 Å². The Morgan fingerprint density at radius 1 is 0.528 bits per heavy atom. The highest BCUT2D eigenvalue weighted by Crippen LogP contribution is 2.38. The van der Waals surface area contributed by atoms with E-state index >= 15 is 0 Å². The highest BCUT2D eigenvalue weighted by Gasteiger charge is 2.32. The maximum atomic E-state index is 13.4. The van der Waals surface area contributed by atoms with E-state index < -0.39 is 12.1 Å². The van der Waals surface area contributed by atoms with Gasteiger partial charge in [0.1, 0.15) is 11.5 Å². The molecule has 182 valence electrons. The molecule has 0 aliphatic rings. The van der Waals surface area contributed by atoms with Crippen molar-refractivity contribution in [3.05, 3.63) is 131 Å². The number of hydrogen-bond donors (Lipinski definition) is 2. The van der Waals surface area contributed by atoms with Crippen molar-refractivity contribution in [2.24, 2.45) is 0 Å². The topological polar surface area (TPSA) is 76.7 Å². The van der Waals surface area contributed by atoms with Gasteiger partial charge in [-0.3, -0.25) is 9.59 Å². The van der Waals surface area contributed by atoms with Gasteiger partial charge in [0.25, 0.3) is 11.8 Å². The van der Waals surface area contributed by atoms with E-state index in [2.05, 4.69) is 10.6 Å². The van der Waals surface area contributed by atoms with E-state index in [9.17, 15) is 9.59 Å². The normalized spacial score (nSPS) is 12.2. The second-order valence-corrected chi connectivity index (χ2v) is 8.12. The number of carbonyl (C=O) groups excluding carboxylic acids is 2. The highest BCUT2D eigenvalue weighted by molar-refractivity contribution is 5.96. The third kappa shape index (κ3) is 5.55. The van der Waals surface area contributed by atoms with Crippen molar-refractivity contribution < 1.29 is 19.1 Å². The molecule has 2 N–H and O–H groups in total. The third-order valence-electron chi connectivity index (χ3n) is 5.93. The van der Waals surface area contributed by atoms with Crippen LogP contribution in [0.1, 0.15) is 43.9 Å². The molecule has 4 rings (SSSR count). The van der Waals surface area contributed by atoms with Gasteiger partial charge in [-0.25, -0.2) is 0 Å². The van der Waals surface area contributed by atoms with Crippen molar-refractivity contribution in [2.75, 3.05) is 14.2 Å². The van der Waals surface area contributed by atoms with Crippen molar-refractivity contribution in [3.8, 4) is 11.5 Å². The molecule has 2 atom stereocenters. The number of nitrogens with one attached hydrogen (secondary N) is 2. The standard InChI is InChI=1S/C30H28N2O4/c1-35-25-19-11-9-17-23(25)27(31-29(33)21-13-5-3-6-14-21)28(24-18-10-12-20-26(24)36-2)32-30(34)22-15-7-4-8-16-22/h3-20,27-28H,1-2H3,(H,31,33)(H,32,34)/t27-,28-/m1/s1. The van der Waals surface area contributed by atoms with Crippen LogP contribution in [0.25, 0.3) is 0 Å². The minimum absolute atomic E-state index is 0.277. The number of rotatable bonds is 9. The van der Waals surface area contributed by atoms with Crippen molar-refractivity contribution in [1.82, 2.24) is 10.6 Å². The summed E-state index contributed by atoms with van der Waals surface area (Å²) in [5, 5.41) is 6.28. The van der Waals surface area contributed by atoms with Gasteiger partial charge >= 0.3 is 0 Å². The molecule has 0 heterocycles. The zero-order valence-corrected chi connectivity index (χ0v) is 20.2. The van der Waals surface area contributed by atoms with Crippen LogP contribution in [0.5, 0.6) is 11.5 Å². The lowest BCUT2D eigenvalue weighted by Crippen LogP contribution is -2.41. The van der Waals surface area contributed by atoms with Crippen LogP contribution in [-0.2, 0) is 0 Å². The number of hydrogen-bond acceptors (Lipinski definition) is 4. The summed E-state index contributed by atoms with van der Waals surface area (Å²) in [6, 6.07) is 31.4. The first-order valence-electron chi connectivity index (χ1n) is 11.6. The van der Waals surface area contributed by atoms with E-state index in [1.54, 1.807) is 38.5 Å². The molecule has 0 bridgehead atoms. The van der Waals surface area contributed by atoms with E-state index in [0.717, 1.165) is 0 Å². The smallest absolute Gasteiger partial charge is 0.251 e. The van der Waals surface area contributed by atoms with Crippen LogP contribution in [0.4, 0.5) is 0 Å². The summed E-state index contributed by atoms with van der Waals surface area (Å²) in [7, 11) is 3.16. The monoisotopic (exact) mass is 480 g/mol. The molecule has 0 saturated carbocycles. The van der Waals surface area contributed by atoms with Crippen LogP contribution in [0.3, 0.4) is 0 Å². The fourth-order valence-electron chi connectivity index (χ4n) is 4.16. The van der Waals surface area contributed by atoms with Gasteiger partial charge in [-0.2, -0.15) is 0 Å². The SMILES string of the molecule is COc1ccccc1[C@@H](NC(=O)c1ccccc1)[C@H](NC(=O)c1ccccc1)c1ccccc1OC. The van der Waals surface area contributed by atoms with E-state index in [-0.39, 0.29) is 11.8 Å². The summed E-state index contributed by atoms with van der Waals surface area (Å²) in [4.78, 5) is 26.8. The molecule has 2 amide bonds. The zero-order chi connectivity index (χ0) is 25.3. The molecule has 6 heteroatoms. The number of amides is 2. The Morgan fingerprint density at radius 2 is 0.861 bits per heavy atom. The average Bonchev–Trinajstić information content (AvgIpc) is 2.95. The van der Waals surface area contributed by atoms with Gasteiger partial charge < -0.3 is 20.1 Å². The second kappa shape index (κ2) is 11.7. The molecule has 0 unspecified atom stereocenters. The molecule has 0 fully saturated rings. The minimum atomic E-state index is -0.683. The average molecular weight is 481 g/mol. The third-order valence-corrected chi connectivity index (χ3v) is 5.93. The van der Waals surface area contributed by atoms with Crippen LogP contribution in [-0.4, -0.2) is 26.0 Å². The number of benzene rings is 4. The fourth-order valence-corrected chi connectivity index (χ4v) is 4.16. The Hall–Kier alpha value is -4.58. The Morgan fingerprint density at radius 3 is 1.22 bits per heavy atom. The second-order valence-electron chi connectivity index (χ2n) is 8.12. The first kappa shape index (κ1) is 24.5. The first-order valence-corrected chi connectivity index (χ1v) is 11.6. The molecular weight excluding hydrogens is 452 g/mol. The molecule has 4 aromatic rings. The maximum Gasteiger partial charge on any atom is 0.251 e. The Labute approximate surface area is 210 Å². The Kier molecular flexibility index (Phi) is 7.98. The van der Waals surface area contributed by atoms with Gasteiger partial charge in [-0.05, 0) is 36.4 Å². The van der Waals surface area contributed by atoms with Crippen molar-refractivity contribution >= 4 is 11.8 Å². The van der Waals surface area contributed by atoms with Crippen molar-refractivity contribution in [1.29, 1.82) is 0 Å². The van der Waals surface area contributed by atoms with Gasteiger partial charge in [0.05, 0.1) is 26.3 Å². The molecule has 0 aliphatic carbocycles. The summed E-state index contributed by atoms with van der Waals surface area (Å²) in [6.07, 6.45) is 0. The lowest BCUT2D eigenvalue weighted by atomic mass is 9.91. The summed E-state index contributed by atoms with van der Waals surface area (Å²) in [5.74, 6) is 0.621. The van der Waals surface area contributed by atoms with Crippen LogP contribution in [0, 0.1) is 0 Å². The maximum absolute atomic E-state index is 13.4. The molecule has 0 aliphatic heterocycles. The molecule has 0 radical (unpaired) electrons.